The number of aryl methyl sites for hydroxylation is 1. The molecular weight excluding hydrogens is 646 g/mol. The normalized spacial score (nSPS) is 31.3. The van der Waals surface area contributed by atoms with Crippen LogP contribution in [0.2, 0.25) is 0 Å². The number of sulfonamides is 1. The van der Waals surface area contributed by atoms with Crippen molar-refractivity contribution in [3.63, 3.8) is 0 Å². The number of Topliss-reactive ketones (excluding diaryl/α,β-unsaturated/α-hetero) is 1. The number of hydrogen-bond donors (Lipinski definition) is 3. The fourth-order valence-corrected chi connectivity index (χ4v) is 10.00. The molecule has 7 atom stereocenters. The fourth-order valence-electron chi connectivity index (χ4n) is 8.87. The van der Waals surface area contributed by atoms with E-state index in [0.717, 1.165) is 43.4 Å². The molecule has 6 rings (SSSR count). The van der Waals surface area contributed by atoms with Gasteiger partial charge in [0, 0.05) is 12.8 Å². The van der Waals surface area contributed by atoms with Crippen LogP contribution in [0.3, 0.4) is 0 Å². The minimum absolute atomic E-state index is 0.0181. The quantitative estimate of drug-likeness (QED) is 0.325. The van der Waals surface area contributed by atoms with Gasteiger partial charge in [-0.05, 0) is 98.5 Å². The first kappa shape index (κ1) is 35.3. The summed E-state index contributed by atoms with van der Waals surface area (Å²) in [6.45, 7) is 6.53. The Bertz CT molecular complexity index is 1580. The zero-order chi connectivity index (χ0) is 34.0. The lowest BCUT2D eigenvalue weighted by Gasteiger charge is -2.60. The van der Waals surface area contributed by atoms with Crippen molar-refractivity contribution in [1.29, 1.82) is 0 Å². The molecule has 1 aromatic heterocycles. The number of amides is 2. The maximum atomic E-state index is 12.4. The van der Waals surface area contributed by atoms with E-state index in [4.69, 9.17) is 21.1 Å². The molecule has 0 unspecified atom stereocenters. The second-order valence-corrected chi connectivity index (χ2v) is 15.8. The van der Waals surface area contributed by atoms with E-state index in [1.807, 2.05) is 4.72 Å². The number of rotatable bonds is 7. The van der Waals surface area contributed by atoms with E-state index < -0.39 is 16.1 Å². The average molecular weight is 692 g/mol. The second-order valence-electron chi connectivity index (χ2n) is 13.8. The van der Waals surface area contributed by atoms with Crippen LogP contribution in [0.15, 0.2) is 29.2 Å². The van der Waals surface area contributed by atoms with E-state index in [1.54, 1.807) is 13.0 Å². The molecular formula is C33H46ClN5O7S. The summed E-state index contributed by atoms with van der Waals surface area (Å²) in [5, 5.41) is 12.7. The summed E-state index contributed by atoms with van der Waals surface area (Å²) in [5.41, 5.74) is 0.598. The molecule has 14 heteroatoms. The van der Waals surface area contributed by atoms with Crippen LogP contribution >= 0.6 is 11.6 Å². The number of halogens is 1. The zero-order valence-corrected chi connectivity index (χ0v) is 29.1. The number of nitrogens with zero attached hydrogens (tertiary/aromatic N) is 3. The molecule has 4 saturated carbocycles. The molecule has 258 valence electrons. The number of urea groups is 1. The molecule has 0 saturated heterocycles. The minimum Gasteiger partial charge on any atom is -0.491 e. The number of aliphatic hydroxyl groups is 1. The van der Waals surface area contributed by atoms with Gasteiger partial charge in [0.05, 0.1) is 19.1 Å². The highest BCUT2D eigenvalue weighted by Crippen LogP contribution is 2.65. The van der Waals surface area contributed by atoms with Gasteiger partial charge in [-0.1, -0.05) is 26.0 Å². The number of aromatic nitrogens is 3. The Morgan fingerprint density at radius 1 is 1.04 bits per heavy atom. The molecule has 3 N–H and O–H groups in total. The number of anilines is 1. The molecule has 2 amide bonds. The van der Waals surface area contributed by atoms with Crippen molar-refractivity contribution < 1.29 is 32.6 Å². The van der Waals surface area contributed by atoms with E-state index >= 15 is 0 Å². The number of benzene rings is 1. The van der Waals surface area contributed by atoms with Crippen LogP contribution in [0.25, 0.3) is 0 Å². The van der Waals surface area contributed by atoms with Crippen LogP contribution in [-0.4, -0.2) is 66.0 Å². The number of aliphatic hydroxyl groups excluding tert-OH is 1. The van der Waals surface area contributed by atoms with Crippen LogP contribution < -0.4 is 19.5 Å². The van der Waals surface area contributed by atoms with Crippen molar-refractivity contribution in [1.82, 2.24) is 19.7 Å². The highest BCUT2D eigenvalue weighted by Gasteiger charge is 2.60. The SMILES string of the molecule is COc1nc(C)nc(NC(=O)NS(=O)(=O)c2ccccc2OCCCl)n1.C[C@]12CCC(=O)C[C@@H]1CC[C@@H]1[C@@H]2CC[C@]2(C)[C@@H](O)CC[C@@H]12. The largest absolute Gasteiger partial charge is 0.491 e. The van der Waals surface area contributed by atoms with Gasteiger partial charge < -0.3 is 14.6 Å². The highest BCUT2D eigenvalue weighted by atomic mass is 35.5. The van der Waals surface area contributed by atoms with E-state index in [1.165, 1.54) is 57.4 Å². The van der Waals surface area contributed by atoms with Gasteiger partial charge in [-0.3, -0.25) is 10.1 Å². The topological polar surface area (TPSA) is 170 Å². The molecule has 0 bridgehead atoms. The number of methoxy groups -OCH3 is 1. The summed E-state index contributed by atoms with van der Waals surface area (Å²) < 4.78 is 36.9. The molecule has 1 aromatic carbocycles. The van der Waals surface area contributed by atoms with Crippen molar-refractivity contribution in [3.05, 3.63) is 30.1 Å². The predicted octanol–water partition coefficient (Wildman–Crippen LogP) is 5.28. The monoisotopic (exact) mass is 691 g/mol. The van der Waals surface area contributed by atoms with Gasteiger partial charge in [-0.2, -0.15) is 15.0 Å². The number of ketones is 1. The molecule has 0 spiro atoms. The summed E-state index contributed by atoms with van der Waals surface area (Å²) in [7, 11) is -2.85. The molecule has 12 nitrogen and oxygen atoms in total. The minimum atomic E-state index is -4.20. The number of fused-ring (bicyclic) bond motifs is 5. The van der Waals surface area contributed by atoms with Gasteiger partial charge >= 0.3 is 12.0 Å². The Balaban J connectivity index is 0.000000188. The molecule has 4 fully saturated rings. The smallest absolute Gasteiger partial charge is 0.335 e. The lowest BCUT2D eigenvalue weighted by Crippen LogP contribution is -2.54. The summed E-state index contributed by atoms with van der Waals surface area (Å²) in [4.78, 5) is 35.2. The lowest BCUT2D eigenvalue weighted by atomic mass is 9.45. The Morgan fingerprint density at radius 2 is 1.79 bits per heavy atom. The first-order valence-electron chi connectivity index (χ1n) is 16.4. The van der Waals surface area contributed by atoms with Gasteiger partial charge in [-0.15, -0.1) is 11.6 Å². The van der Waals surface area contributed by atoms with E-state index in [-0.39, 0.29) is 52.4 Å². The van der Waals surface area contributed by atoms with Crippen LogP contribution in [0.4, 0.5) is 10.7 Å². The number of hydrogen-bond acceptors (Lipinski definition) is 10. The summed E-state index contributed by atoms with van der Waals surface area (Å²) >= 11 is 5.55. The molecule has 0 aliphatic heterocycles. The summed E-state index contributed by atoms with van der Waals surface area (Å²) in [5.74, 6) is 3.91. The van der Waals surface area contributed by atoms with Gasteiger partial charge in [0.2, 0.25) is 5.95 Å². The number of carbonyl (C=O) groups excluding carboxylic acids is 2. The Hall–Kier alpha value is -3.03. The van der Waals surface area contributed by atoms with Gasteiger partial charge in [-0.25, -0.2) is 17.9 Å². The van der Waals surface area contributed by atoms with E-state index in [2.05, 4.69) is 34.1 Å². The van der Waals surface area contributed by atoms with Crippen molar-refractivity contribution in [2.24, 2.45) is 34.5 Å². The molecule has 4 aliphatic carbocycles. The Labute approximate surface area is 281 Å². The number of ether oxygens (including phenoxy) is 2. The van der Waals surface area contributed by atoms with Gasteiger partial charge in [0.1, 0.15) is 28.9 Å². The first-order valence-corrected chi connectivity index (χ1v) is 18.4. The molecule has 1 heterocycles. The van der Waals surface area contributed by atoms with Crippen LogP contribution in [0.1, 0.15) is 77.5 Å². The lowest BCUT2D eigenvalue weighted by molar-refractivity contribution is -0.141. The van der Waals surface area contributed by atoms with Gasteiger partial charge in [0.15, 0.2) is 0 Å². The molecule has 47 heavy (non-hydrogen) atoms. The number of nitrogens with one attached hydrogen (secondary N) is 2. The maximum absolute atomic E-state index is 12.4. The van der Waals surface area contributed by atoms with Crippen LogP contribution in [0.5, 0.6) is 11.8 Å². The fraction of sp³-hybridized carbons (Fsp3) is 0.667. The Kier molecular flexibility index (Phi) is 10.7. The van der Waals surface area contributed by atoms with Crippen molar-refractivity contribution in [2.45, 2.75) is 89.6 Å². The first-order chi connectivity index (χ1) is 22.3. The highest BCUT2D eigenvalue weighted by molar-refractivity contribution is 7.90. The van der Waals surface area contributed by atoms with Crippen molar-refractivity contribution in [3.8, 4) is 11.8 Å². The average Bonchev–Trinajstić information content (AvgIpc) is 3.34. The standard InChI is InChI=1S/C19H30O2.C14H16ClN5O5S/c1-18-9-7-13(20)11-12(18)3-4-14-15-5-6-17(21)19(15,2)10-8-16(14)18;1-9-16-12(19-14(17-9)24-2)18-13(21)20-26(22,23)11-6-4-3-5-10(11)25-8-7-15/h12,14-17,21H,3-11H2,1-2H3;3-6H,7-8H2,1-2H3,(H2,16,17,18,19,20,21)/t12-,14-,15-,16-,17-,18-,19-;/m0./s1. The number of para-hydroxylation sites is 1. The third kappa shape index (κ3) is 7.36. The third-order valence-electron chi connectivity index (χ3n) is 11.3. The van der Waals surface area contributed by atoms with Crippen molar-refractivity contribution >= 4 is 39.4 Å². The van der Waals surface area contributed by atoms with Crippen LogP contribution in [-0.2, 0) is 14.8 Å². The number of alkyl halides is 1. The van der Waals surface area contributed by atoms with Crippen LogP contribution in [0, 0.1) is 41.4 Å². The molecule has 4 aliphatic rings. The Morgan fingerprint density at radius 3 is 2.53 bits per heavy atom. The van der Waals surface area contributed by atoms with Crippen molar-refractivity contribution in [2.75, 3.05) is 24.9 Å². The second kappa shape index (κ2) is 14.2. The zero-order valence-electron chi connectivity index (χ0n) is 27.5. The maximum Gasteiger partial charge on any atom is 0.335 e. The van der Waals surface area contributed by atoms with E-state index in [9.17, 15) is 23.1 Å². The van der Waals surface area contributed by atoms with Gasteiger partial charge in [0.25, 0.3) is 10.0 Å². The predicted molar refractivity (Wildman–Crippen MR) is 176 cm³/mol. The van der Waals surface area contributed by atoms with E-state index in [0.29, 0.717) is 17.1 Å². The summed E-state index contributed by atoms with van der Waals surface area (Å²) in [6.07, 6.45) is 10.0. The molecule has 0 radical (unpaired) electrons. The molecule has 2 aromatic rings. The number of carbonyl (C=O) groups is 2. The third-order valence-corrected chi connectivity index (χ3v) is 12.8. The summed E-state index contributed by atoms with van der Waals surface area (Å²) in [6, 6.07) is 4.79.